The summed E-state index contributed by atoms with van der Waals surface area (Å²) >= 11 is 3.25. The Morgan fingerprint density at radius 2 is 2.19 bits per heavy atom. The molecule has 0 bridgehead atoms. The van der Waals surface area contributed by atoms with Crippen LogP contribution in [0.25, 0.3) is 0 Å². The smallest absolute Gasteiger partial charge is 0.129 e. The summed E-state index contributed by atoms with van der Waals surface area (Å²) in [5.41, 5.74) is 0.286. The number of aliphatic hydroxyl groups is 1. The van der Waals surface area contributed by atoms with E-state index in [0.717, 1.165) is 4.47 Å². The molecule has 0 fully saturated rings. The normalized spacial score (nSPS) is 12.7. The fourth-order valence-electron chi connectivity index (χ4n) is 1.46. The van der Waals surface area contributed by atoms with Crippen molar-refractivity contribution in [1.29, 1.82) is 0 Å². The van der Waals surface area contributed by atoms with Crippen LogP contribution in [0, 0.1) is 5.82 Å². The Balaban J connectivity index is 2.14. The quantitative estimate of drug-likeness (QED) is 0.941. The molecule has 16 heavy (non-hydrogen) atoms. The van der Waals surface area contributed by atoms with Gasteiger partial charge in [0, 0.05) is 11.8 Å². The standard InChI is InChI=1S/C11H10BrFN2O/c12-8-5-14-15(6-8)7-11(16)9-3-1-2-4-10(9)13/h1-6,11,16H,7H2/t11-/m0/s1. The third-order valence-electron chi connectivity index (χ3n) is 2.23. The summed E-state index contributed by atoms with van der Waals surface area (Å²) in [5, 5.41) is 13.8. The van der Waals surface area contributed by atoms with Gasteiger partial charge in [0.2, 0.25) is 0 Å². The summed E-state index contributed by atoms with van der Waals surface area (Å²) in [6.07, 6.45) is 2.45. The van der Waals surface area contributed by atoms with Crippen molar-refractivity contribution in [3.63, 3.8) is 0 Å². The number of benzene rings is 1. The highest BCUT2D eigenvalue weighted by Crippen LogP contribution is 2.18. The van der Waals surface area contributed by atoms with E-state index in [-0.39, 0.29) is 12.1 Å². The van der Waals surface area contributed by atoms with Crippen LogP contribution in [0.15, 0.2) is 41.1 Å². The first-order valence-electron chi connectivity index (χ1n) is 4.77. The highest BCUT2D eigenvalue weighted by molar-refractivity contribution is 9.10. The molecule has 2 rings (SSSR count). The fourth-order valence-corrected chi connectivity index (χ4v) is 1.79. The van der Waals surface area contributed by atoms with E-state index in [1.807, 2.05) is 0 Å². The molecule has 1 N–H and O–H groups in total. The number of rotatable bonds is 3. The van der Waals surface area contributed by atoms with Crippen molar-refractivity contribution < 1.29 is 9.50 Å². The van der Waals surface area contributed by atoms with Gasteiger partial charge in [-0.1, -0.05) is 18.2 Å². The maximum Gasteiger partial charge on any atom is 0.129 e. The minimum atomic E-state index is -0.895. The lowest BCUT2D eigenvalue weighted by molar-refractivity contribution is 0.147. The zero-order chi connectivity index (χ0) is 11.5. The topological polar surface area (TPSA) is 38.0 Å². The molecule has 0 saturated heterocycles. The molecule has 5 heteroatoms. The third kappa shape index (κ3) is 2.48. The van der Waals surface area contributed by atoms with Crippen molar-refractivity contribution in [2.75, 3.05) is 0 Å². The number of hydrogen-bond acceptors (Lipinski definition) is 2. The molecule has 84 valence electrons. The molecule has 1 atom stereocenters. The SMILES string of the molecule is O[C@@H](Cn1cc(Br)cn1)c1ccccc1F. The number of aromatic nitrogens is 2. The maximum absolute atomic E-state index is 13.3. The molecule has 0 radical (unpaired) electrons. The fraction of sp³-hybridized carbons (Fsp3) is 0.182. The Labute approximate surface area is 101 Å². The van der Waals surface area contributed by atoms with Crippen LogP contribution in [-0.4, -0.2) is 14.9 Å². The van der Waals surface area contributed by atoms with Crippen molar-refractivity contribution in [2.45, 2.75) is 12.6 Å². The van der Waals surface area contributed by atoms with E-state index in [9.17, 15) is 9.50 Å². The van der Waals surface area contributed by atoms with E-state index in [0.29, 0.717) is 0 Å². The van der Waals surface area contributed by atoms with Crippen molar-refractivity contribution in [3.8, 4) is 0 Å². The van der Waals surface area contributed by atoms with Gasteiger partial charge in [0.25, 0.3) is 0 Å². The van der Waals surface area contributed by atoms with E-state index in [1.54, 1.807) is 35.3 Å². The van der Waals surface area contributed by atoms with Gasteiger partial charge in [0.1, 0.15) is 11.9 Å². The molecule has 2 aromatic rings. The Morgan fingerprint density at radius 3 is 2.81 bits per heavy atom. The summed E-state index contributed by atoms with van der Waals surface area (Å²) in [6.45, 7) is 0.229. The van der Waals surface area contributed by atoms with E-state index >= 15 is 0 Å². The highest BCUT2D eigenvalue weighted by Gasteiger charge is 2.12. The molecule has 0 unspecified atom stereocenters. The molecule has 1 aromatic carbocycles. The Kier molecular flexibility index (Phi) is 3.36. The van der Waals surface area contributed by atoms with Crippen LogP contribution in [0.5, 0.6) is 0 Å². The number of aliphatic hydroxyl groups excluding tert-OH is 1. The zero-order valence-electron chi connectivity index (χ0n) is 8.35. The van der Waals surface area contributed by atoms with Crippen molar-refractivity contribution in [1.82, 2.24) is 9.78 Å². The molecule has 0 aliphatic heterocycles. The first-order valence-corrected chi connectivity index (χ1v) is 5.56. The first kappa shape index (κ1) is 11.3. The second-order valence-corrected chi connectivity index (χ2v) is 4.33. The largest absolute Gasteiger partial charge is 0.386 e. The second kappa shape index (κ2) is 4.76. The molecule has 0 amide bonds. The van der Waals surface area contributed by atoms with Crippen molar-refractivity contribution in [2.24, 2.45) is 0 Å². The van der Waals surface area contributed by atoms with Crippen LogP contribution in [0.3, 0.4) is 0 Å². The second-order valence-electron chi connectivity index (χ2n) is 3.42. The average molecular weight is 285 g/mol. The van der Waals surface area contributed by atoms with Crippen molar-refractivity contribution >= 4 is 15.9 Å². The minimum absolute atomic E-state index is 0.229. The highest BCUT2D eigenvalue weighted by atomic mass is 79.9. The summed E-state index contributed by atoms with van der Waals surface area (Å²) in [7, 11) is 0. The molecule has 0 saturated carbocycles. The maximum atomic E-state index is 13.3. The van der Waals surface area contributed by atoms with Gasteiger partial charge >= 0.3 is 0 Å². The number of halogens is 2. The van der Waals surface area contributed by atoms with Gasteiger partial charge in [-0.3, -0.25) is 4.68 Å². The lowest BCUT2D eigenvalue weighted by Gasteiger charge is -2.11. The zero-order valence-corrected chi connectivity index (χ0v) is 9.93. The van der Waals surface area contributed by atoms with Crippen LogP contribution in [-0.2, 0) is 6.54 Å². The predicted molar refractivity (Wildman–Crippen MR) is 61.3 cm³/mol. The lowest BCUT2D eigenvalue weighted by atomic mass is 10.1. The molecule has 1 heterocycles. The Hall–Kier alpha value is -1.20. The lowest BCUT2D eigenvalue weighted by Crippen LogP contribution is -2.10. The van der Waals surface area contributed by atoms with Crippen molar-refractivity contribution in [3.05, 3.63) is 52.5 Å². The van der Waals surface area contributed by atoms with Crippen LogP contribution < -0.4 is 0 Å². The van der Waals surface area contributed by atoms with Gasteiger partial charge in [-0.25, -0.2) is 4.39 Å². The monoisotopic (exact) mass is 284 g/mol. The molecule has 0 spiro atoms. The predicted octanol–water partition coefficient (Wildman–Crippen LogP) is 2.52. The van der Waals surface area contributed by atoms with Gasteiger partial charge in [-0.2, -0.15) is 5.10 Å². The number of nitrogens with zero attached hydrogens (tertiary/aromatic N) is 2. The molecular weight excluding hydrogens is 275 g/mol. The van der Waals surface area contributed by atoms with Crippen LogP contribution in [0.1, 0.15) is 11.7 Å². The summed E-state index contributed by atoms with van der Waals surface area (Å²) in [6, 6.07) is 6.19. The molecule has 0 aliphatic carbocycles. The van der Waals surface area contributed by atoms with Crippen LogP contribution >= 0.6 is 15.9 Å². The molecule has 0 aliphatic rings. The summed E-state index contributed by atoms with van der Waals surface area (Å²) in [5.74, 6) is -0.402. The van der Waals surface area contributed by atoms with Gasteiger partial charge < -0.3 is 5.11 Å². The third-order valence-corrected chi connectivity index (χ3v) is 2.64. The van der Waals surface area contributed by atoms with Gasteiger partial charge in [0.15, 0.2) is 0 Å². The number of hydrogen-bond donors (Lipinski definition) is 1. The first-order chi connectivity index (χ1) is 7.66. The van der Waals surface area contributed by atoms with Gasteiger partial charge in [-0.15, -0.1) is 0 Å². The Bertz CT molecular complexity index is 486. The van der Waals surface area contributed by atoms with E-state index in [2.05, 4.69) is 21.0 Å². The van der Waals surface area contributed by atoms with Gasteiger partial charge in [0.05, 0.1) is 17.2 Å². The molecular formula is C11H10BrFN2O. The molecule has 1 aromatic heterocycles. The molecule has 3 nitrogen and oxygen atoms in total. The van der Waals surface area contributed by atoms with E-state index in [1.165, 1.54) is 6.07 Å². The van der Waals surface area contributed by atoms with Crippen LogP contribution in [0.4, 0.5) is 4.39 Å². The minimum Gasteiger partial charge on any atom is -0.386 e. The Morgan fingerprint density at radius 1 is 1.44 bits per heavy atom. The average Bonchev–Trinajstić information content (AvgIpc) is 2.64. The van der Waals surface area contributed by atoms with E-state index < -0.39 is 11.9 Å². The summed E-state index contributed by atoms with van der Waals surface area (Å²) in [4.78, 5) is 0. The van der Waals surface area contributed by atoms with Gasteiger partial charge in [-0.05, 0) is 22.0 Å². The summed E-state index contributed by atoms with van der Waals surface area (Å²) < 4.78 is 15.7. The van der Waals surface area contributed by atoms with E-state index in [4.69, 9.17) is 0 Å². The van der Waals surface area contributed by atoms with Crippen LogP contribution in [0.2, 0.25) is 0 Å².